The molecule has 150 valence electrons. The summed E-state index contributed by atoms with van der Waals surface area (Å²) in [6.07, 6.45) is 3.96. The third-order valence-corrected chi connectivity index (χ3v) is 4.76. The molecule has 2 N–H and O–H groups in total. The van der Waals surface area contributed by atoms with Crippen LogP contribution in [0.1, 0.15) is 12.0 Å². The highest BCUT2D eigenvalue weighted by molar-refractivity contribution is 6.39. The summed E-state index contributed by atoms with van der Waals surface area (Å²) >= 11 is 0. The standard InChI is InChI=1S/C19H27N7O2/c1-24-9-11-25(12-10-24)8-2-7-21-18(27)19(28)23-17-5-3-16(4-6-17)13-26-15-20-14-22-26/h3-6,14-15H,2,7-13H2,1H3,(H,21,27)(H,23,28). The molecular formula is C19H27N7O2. The Balaban J connectivity index is 1.35. The predicted molar refractivity (Wildman–Crippen MR) is 106 cm³/mol. The molecule has 3 rings (SSSR count). The molecule has 0 atom stereocenters. The SMILES string of the molecule is CN1CCN(CCCNC(=O)C(=O)Nc2ccc(Cn3cncn3)cc2)CC1. The Morgan fingerprint density at radius 2 is 1.82 bits per heavy atom. The number of benzene rings is 1. The van der Waals surface area contributed by atoms with Crippen LogP contribution in [-0.4, -0.2) is 82.7 Å². The van der Waals surface area contributed by atoms with E-state index < -0.39 is 11.8 Å². The molecule has 0 unspecified atom stereocenters. The lowest BCUT2D eigenvalue weighted by Crippen LogP contribution is -2.45. The van der Waals surface area contributed by atoms with Crippen LogP contribution in [-0.2, 0) is 16.1 Å². The van der Waals surface area contributed by atoms with Gasteiger partial charge in [0.15, 0.2) is 0 Å². The van der Waals surface area contributed by atoms with E-state index in [1.54, 1.807) is 23.1 Å². The van der Waals surface area contributed by atoms with Crippen LogP contribution in [0.2, 0.25) is 0 Å². The van der Waals surface area contributed by atoms with Crippen molar-refractivity contribution in [2.45, 2.75) is 13.0 Å². The summed E-state index contributed by atoms with van der Waals surface area (Å²) in [5, 5.41) is 9.36. The van der Waals surface area contributed by atoms with Crippen LogP contribution in [0.25, 0.3) is 0 Å². The van der Waals surface area contributed by atoms with Crippen LogP contribution in [0.4, 0.5) is 5.69 Å². The first-order valence-corrected chi connectivity index (χ1v) is 9.51. The second kappa shape index (κ2) is 9.95. The molecule has 9 heteroatoms. The first kappa shape index (κ1) is 20.0. The van der Waals surface area contributed by atoms with Crippen LogP contribution in [0.3, 0.4) is 0 Å². The average molecular weight is 385 g/mol. The fourth-order valence-corrected chi connectivity index (χ4v) is 3.04. The molecule has 0 saturated carbocycles. The van der Waals surface area contributed by atoms with Crippen molar-refractivity contribution in [3.8, 4) is 0 Å². The fourth-order valence-electron chi connectivity index (χ4n) is 3.04. The number of aromatic nitrogens is 3. The minimum Gasteiger partial charge on any atom is -0.348 e. The van der Waals surface area contributed by atoms with E-state index in [-0.39, 0.29) is 0 Å². The Kier molecular flexibility index (Phi) is 7.10. The van der Waals surface area contributed by atoms with E-state index in [9.17, 15) is 9.59 Å². The highest BCUT2D eigenvalue weighted by Gasteiger charge is 2.15. The molecule has 2 aromatic rings. The summed E-state index contributed by atoms with van der Waals surface area (Å²) in [4.78, 5) is 32.6. The van der Waals surface area contributed by atoms with E-state index >= 15 is 0 Å². The maximum absolute atomic E-state index is 12.0. The lowest BCUT2D eigenvalue weighted by Gasteiger charge is -2.32. The summed E-state index contributed by atoms with van der Waals surface area (Å²) in [5.74, 6) is -1.26. The van der Waals surface area contributed by atoms with Gasteiger partial charge in [-0.25, -0.2) is 9.67 Å². The zero-order valence-electron chi connectivity index (χ0n) is 16.2. The van der Waals surface area contributed by atoms with E-state index in [1.165, 1.54) is 6.33 Å². The molecule has 1 aliphatic heterocycles. The molecule has 0 spiro atoms. The van der Waals surface area contributed by atoms with Crippen molar-refractivity contribution in [1.82, 2.24) is 29.9 Å². The van der Waals surface area contributed by atoms with Gasteiger partial charge in [-0.1, -0.05) is 12.1 Å². The number of hydrogen-bond donors (Lipinski definition) is 2. The van der Waals surface area contributed by atoms with Crippen molar-refractivity contribution in [3.63, 3.8) is 0 Å². The number of rotatable bonds is 7. The molecule has 1 aromatic carbocycles. The zero-order chi connectivity index (χ0) is 19.8. The molecule has 0 aliphatic carbocycles. The lowest BCUT2D eigenvalue weighted by molar-refractivity contribution is -0.136. The van der Waals surface area contributed by atoms with Crippen LogP contribution in [0, 0.1) is 0 Å². The van der Waals surface area contributed by atoms with Gasteiger partial charge in [-0.2, -0.15) is 5.10 Å². The van der Waals surface area contributed by atoms with Crippen molar-refractivity contribution in [3.05, 3.63) is 42.5 Å². The van der Waals surface area contributed by atoms with Crippen LogP contribution < -0.4 is 10.6 Å². The van der Waals surface area contributed by atoms with Crippen molar-refractivity contribution < 1.29 is 9.59 Å². The van der Waals surface area contributed by atoms with Gasteiger partial charge in [-0.3, -0.25) is 9.59 Å². The van der Waals surface area contributed by atoms with Crippen molar-refractivity contribution >= 4 is 17.5 Å². The van der Waals surface area contributed by atoms with E-state index in [0.717, 1.165) is 44.7 Å². The summed E-state index contributed by atoms with van der Waals surface area (Å²) in [5.41, 5.74) is 1.61. The Hall–Kier alpha value is -2.78. The Bertz CT molecular complexity index is 753. The molecule has 2 amide bonds. The molecule has 9 nitrogen and oxygen atoms in total. The van der Waals surface area contributed by atoms with E-state index in [0.29, 0.717) is 18.8 Å². The normalized spacial score (nSPS) is 15.3. The molecule has 28 heavy (non-hydrogen) atoms. The largest absolute Gasteiger partial charge is 0.348 e. The number of nitrogens with one attached hydrogen (secondary N) is 2. The molecular weight excluding hydrogens is 358 g/mol. The zero-order valence-corrected chi connectivity index (χ0v) is 16.2. The third kappa shape index (κ3) is 6.14. The first-order chi connectivity index (χ1) is 13.6. The highest BCUT2D eigenvalue weighted by atomic mass is 16.2. The molecule has 2 heterocycles. The maximum atomic E-state index is 12.0. The smallest absolute Gasteiger partial charge is 0.313 e. The van der Waals surface area contributed by atoms with Gasteiger partial charge in [-0.05, 0) is 37.7 Å². The quantitative estimate of drug-likeness (QED) is 0.515. The Labute approximate surface area is 164 Å². The molecule has 0 radical (unpaired) electrons. The van der Waals surface area contributed by atoms with Gasteiger partial charge in [-0.15, -0.1) is 0 Å². The summed E-state index contributed by atoms with van der Waals surface area (Å²) < 4.78 is 1.71. The van der Waals surface area contributed by atoms with Gasteiger partial charge in [0.2, 0.25) is 0 Å². The number of likely N-dealkylation sites (N-methyl/N-ethyl adjacent to an activating group) is 1. The van der Waals surface area contributed by atoms with Crippen molar-refractivity contribution in [2.24, 2.45) is 0 Å². The van der Waals surface area contributed by atoms with E-state index in [4.69, 9.17) is 0 Å². The summed E-state index contributed by atoms with van der Waals surface area (Å²) in [6, 6.07) is 7.30. The average Bonchev–Trinajstić information content (AvgIpc) is 3.21. The second-order valence-corrected chi connectivity index (χ2v) is 7.00. The topological polar surface area (TPSA) is 95.4 Å². The van der Waals surface area contributed by atoms with Gasteiger partial charge in [0.05, 0.1) is 6.54 Å². The van der Waals surface area contributed by atoms with E-state index in [2.05, 4.69) is 37.6 Å². The van der Waals surface area contributed by atoms with Gasteiger partial charge < -0.3 is 20.4 Å². The van der Waals surface area contributed by atoms with Crippen LogP contribution >= 0.6 is 0 Å². The second-order valence-electron chi connectivity index (χ2n) is 7.00. The van der Waals surface area contributed by atoms with Crippen LogP contribution in [0.5, 0.6) is 0 Å². The number of carbonyl (C=O) groups excluding carboxylic acids is 2. The maximum Gasteiger partial charge on any atom is 0.313 e. The number of amides is 2. The number of piperazine rings is 1. The molecule has 0 bridgehead atoms. The lowest BCUT2D eigenvalue weighted by atomic mass is 10.2. The first-order valence-electron chi connectivity index (χ1n) is 9.51. The van der Waals surface area contributed by atoms with Crippen LogP contribution in [0.15, 0.2) is 36.9 Å². The molecule has 1 saturated heterocycles. The number of nitrogens with zero attached hydrogens (tertiary/aromatic N) is 5. The number of carbonyl (C=O) groups is 2. The van der Waals surface area contributed by atoms with Crippen molar-refractivity contribution in [1.29, 1.82) is 0 Å². The number of hydrogen-bond acceptors (Lipinski definition) is 6. The summed E-state index contributed by atoms with van der Waals surface area (Å²) in [6.45, 7) is 6.29. The predicted octanol–water partition coefficient (Wildman–Crippen LogP) is 0.0186. The minimum atomic E-state index is -0.649. The highest BCUT2D eigenvalue weighted by Crippen LogP contribution is 2.10. The monoisotopic (exact) mass is 385 g/mol. The van der Waals surface area contributed by atoms with Gasteiger partial charge in [0.1, 0.15) is 12.7 Å². The molecule has 1 aromatic heterocycles. The van der Waals surface area contributed by atoms with Gasteiger partial charge in [0.25, 0.3) is 0 Å². The Morgan fingerprint density at radius 1 is 1.07 bits per heavy atom. The third-order valence-electron chi connectivity index (χ3n) is 4.76. The van der Waals surface area contributed by atoms with Gasteiger partial charge in [0, 0.05) is 38.4 Å². The Morgan fingerprint density at radius 3 is 2.50 bits per heavy atom. The number of anilines is 1. The molecule has 1 aliphatic rings. The fraction of sp³-hybridized carbons (Fsp3) is 0.474. The van der Waals surface area contributed by atoms with E-state index in [1.807, 2.05) is 12.1 Å². The minimum absolute atomic E-state index is 0.495. The van der Waals surface area contributed by atoms with Crippen molar-refractivity contribution in [2.75, 3.05) is 51.6 Å². The summed E-state index contributed by atoms with van der Waals surface area (Å²) in [7, 11) is 2.13. The molecule has 1 fully saturated rings. The van der Waals surface area contributed by atoms with Gasteiger partial charge >= 0.3 is 11.8 Å².